The highest BCUT2D eigenvalue weighted by atomic mass is 79.9. The lowest BCUT2D eigenvalue weighted by Gasteiger charge is -2.17. The van der Waals surface area contributed by atoms with Gasteiger partial charge in [0.05, 0.1) is 0 Å². The summed E-state index contributed by atoms with van der Waals surface area (Å²) in [5, 5.41) is 0. The molecule has 0 radical (unpaired) electrons. The van der Waals surface area contributed by atoms with Crippen LogP contribution in [0.4, 0.5) is 0 Å². The molecule has 0 saturated carbocycles. The van der Waals surface area contributed by atoms with Gasteiger partial charge in [0.2, 0.25) is 0 Å². The van der Waals surface area contributed by atoms with Crippen LogP contribution in [0.25, 0.3) is 0 Å². The lowest BCUT2D eigenvalue weighted by molar-refractivity contribution is -0.146. The van der Waals surface area contributed by atoms with Crippen molar-refractivity contribution in [2.45, 2.75) is 64.4 Å². The first-order valence-electron chi connectivity index (χ1n) is 20.4. The number of halogens is 1. The van der Waals surface area contributed by atoms with Crippen LogP contribution in [-0.2, 0) is 55.8 Å². The smallest absolute Gasteiger partial charge is 0.322 e. The molecule has 7 aromatic rings. The van der Waals surface area contributed by atoms with Gasteiger partial charge in [-0.15, -0.1) is 0 Å². The van der Waals surface area contributed by atoms with Crippen LogP contribution in [0.1, 0.15) is 52.8 Å². The van der Waals surface area contributed by atoms with Crippen LogP contribution in [0.3, 0.4) is 0 Å². The monoisotopic (exact) mass is 892 g/mol. The Hall–Kier alpha value is -6.71. The summed E-state index contributed by atoms with van der Waals surface area (Å²) in [5.74, 6) is 3.28. The number of hydrogen-bond acceptors (Lipinski definition) is 8. The summed E-state index contributed by atoms with van der Waals surface area (Å²) in [6.45, 7) is 5.51. The van der Waals surface area contributed by atoms with E-state index in [2.05, 4.69) is 15.9 Å². The minimum Gasteiger partial charge on any atom is -0.489 e. The molecule has 0 heterocycles. The number of hydrogen-bond donors (Lipinski definition) is 0. The standard InChI is InChI=1S/C53H49BrO8/c1-53(2,54)52(55)62-38-45-27-50(60-36-43-23-46(56-32-39-15-7-3-8-16-39)29-47(24-43)57-33-40-17-9-4-10-18-40)31-51(28-45)61-37-44-25-48(58-34-41-19-11-5-12-20-41)30-49(26-44)59-35-42-21-13-6-14-22-42/h3-31H,32-38H2,1-2H3. The Morgan fingerprint density at radius 1 is 0.355 bits per heavy atom. The summed E-state index contributed by atoms with van der Waals surface area (Å²) in [4.78, 5) is 12.8. The molecule has 62 heavy (non-hydrogen) atoms. The van der Waals surface area contributed by atoms with Crippen LogP contribution in [0, 0.1) is 0 Å². The van der Waals surface area contributed by atoms with Crippen LogP contribution in [0.2, 0.25) is 0 Å². The highest BCUT2D eigenvalue weighted by molar-refractivity contribution is 9.10. The zero-order valence-corrected chi connectivity index (χ0v) is 36.4. The van der Waals surface area contributed by atoms with Gasteiger partial charge in [-0.2, -0.15) is 0 Å². The summed E-state index contributed by atoms with van der Waals surface area (Å²) < 4.78 is 42.7. The summed E-state index contributed by atoms with van der Waals surface area (Å²) in [6, 6.07) is 57.1. The first-order chi connectivity index (χ1) is 30.2. The quantitative estimate of drug-likeness (QED) is 0.0521. The second-order valence-corrected chi connectivity index (χ2v) is 17.1. The zero-order chi connectivity index (χ0) is 43.0. The van der Waals surface area contributed by atoms with Gasteiger partial charge < -0.3 is 33.2 Å². The number of carbonyl (C=O) groups is 1. The van der Waals surface area contributed by atoms with E-state index >= 15 is 0 Å². The largest absolute Gasteiger partial charge is 0.489 e. The third kappa shape index (κ3) is 13.9. The lowest BCUT2D eigenvalue weighted by atomic mass is 10.1. The second kappa shape index (κ2) is 21.7. The van der Waals surface area contributed by atoms with Crippen molar-refractivity contribution in [1.29, 1.82) is 0 Å². The SMILES string of the molecule is CC(C)(Br)C(=O)OCc1cc(OCc2cc(OCc3ccccc3)cc(OCc3ccccc3)c2)cc(OCc2cc(OCc3ccccc3)cc(OCc3ccccc3)c2)c1. The summed E-state index contributed by atoms with van der Waals surface area (Å²) in [6.07, 6.45) is 0. The highest BCUT2D eigenvalue weighted by Gasteiger charge is 2.25. The van der Waals surface area contributed by atoms with Gasteiger partial charge in [0, 0.05) is 18.2 Å². The Morgan fingerprint density at radius 2 is 0.581 bits per heavy atom. The molecule has 9 heteroatoms. The maximum absolute atomic E-state index is 12.8. The van der Waals surface area contributed by atoms with Crippen molar-refractivity contribution in [2.24, 2.45) is 0 Å². The average molecular weight is 894 g/mol. The van der Waals surface area contributed by atoms with Crippen LogP contribution in [-0.4, -0.2) is 10.3 Å². The predicted octanol–water partition coefficient (Wildman–Crippen LogP) is 12.4. The van der Waals surface area contributed by atoms with Gasteiger partial charge in [-0.1, -0.05) is 137 Å². The van der Waals surface area contributed by atoms with Crippen molar-refractivity contribution in [3.05, 3.63) is 215 Å². The number of benzene rings is 7. The fourth-order valence-electron chi connectivity index (χ4n) is 6.26. The van der Waals surface area contributed by atoms with Crippen molar-refractivity contribution in [2.75, 3.05) is 0 Å². The fraction of sp³-hybridized carbons (Fsp3) is 0.189. The molecule has 7 rings (SSSR count). The normalized spacial score (nSPS) is 11.0. The zero-order valence-electron chi connectivity index (χ0n) is 34.8. The summed E-state index contributed by atoms with van der Waals surface area (Å²) in [7, 11) is 0. The first kappa shape index (κ1) is 43.4. The van der Waals surface area contributed by atoms with E-state index in [9.17, 15) is 4.79 Å². The number of rotatable bonds is 21. The van der Waals surface area contributed by atoms with Gasteiger partial charge in [-0.25, -0.2) is 0 Å². The Bertz CT molecular complexity index is 2190. The van der Waals surface area contributed by atoms with E-state index < -0.39 is 10.3 Å². The number of carbonyl (C=O) groups excluding carboxylic acids is 1. The van der Waals surface area contributed by atoms with Crippen LogP contribution >= 0.6 is 15.9 Å². The van der Waals surface area contributed by atoms with Crippen molar-refractivity contribution in [3.8, 4) is 34.5 Å². The molecule has 0 amide bonds. The minimum absolute atomic E-state index is 0.0159. The molecule has 0 spiro atoms. The molecular weight excluding hydrogens is 844 g/mol. The predicted molar refractivity (Wildman–Crippen MR) is 244 cm³/mol. The Kier molecular flexibility index (Phi) is 15.2. The van der Waals surface area contributed by atoms with Gasteiger partial charge >= 0.3 is 5.97 Å². The fourth-order valence-corrected chi connectivity index (χ4v) is 6.37. The molecule has 0 aromatic heterocycles. The van der Waals surface area contributed by atoms with E-state index in [1.807, 2.05) is 176 Å². The molecule has 7 aromatic carbocycles. The van der Waals surface area contributed by atoms with Crippen LogP contribution < -0.4 is 28.4 Å². The van der Waals surface area contributed by atoms with E-state index in [0.717, 1.165) is 33.4 Å². The molecule has 0 bridgehead atoms. The van der Waals surface area contributed by atoms with Crippen molar-refractivity contribution in [3.63, 3.8) is 0 Å². The molecule has 0 fully saturated rings. The highest BCUT2D eigenvalue weighted by Crippen LogP contribution is 2.31. The Morgan fingerprint density at radius 3 is 0.823 bits per heavy atom. The summed E-state index contributed by atoms with van der Waals surface area (Å²) >= 11 is 3.40. The van der Waals surface area contributed by atoms with Gasteiger partial charge in [-0.05, 0) is 89.2 Å². The molecule has 316 valence electrons. The van der Waals surface area contributed by atoms with Gasteiger partial charge in [0.25, 0.3) is 0 Å². The van der Waals surface area contributed by atoms with Gasteiger partial charge in [0.15, 0.2) is 0 Å². The Balaban J connectivity index is 1.10. The van der Waals surface area contributed by atoms with Crippen LogP contribution in [0.15, 0.2) is 176 Å². The third-order valence-electron chi connectivity index (χ3n) is 9.48. The molecule has 0 aliphatic heterocycles. The number of esters is 1. The number of ether oxygens (including phenoxy) is 7. The molecule has 0 aliphatic rings. The maximum atomic E-state index is 12.8. The van der Waals surface area contributed by atoms with E-state index in [1.54, 1.807) is 13.8 Å². The molecule has 8 nitrogen and oxygen atoms in total. The van der Waals surface area contributed by atoms with E-state index in [4.69, 9.17) is 33.2 Å². The first-order valence-corrected chi connectivity index (χ1v) is 21.2. The molecule has 0 unspecified atom stereocenters. The lowest BCUT2D eigenvalue weighted by Crippen LogP contribution is -2.26. The van der Waals surface area contributed by atoms with E-state index in [-0.39, 0.29) is 19.8 Å². The maximum Gasteiger partial charge on any atom is 0.322 e. The third-order valence-corrected chi connectivity index (χ3v) is 9.80. The van der Waals surface area contributed by atoms with Crippen molar-refractivity contribution < 1.29 is 38.0 Å². The molecule has 0 aliphatic carbocycles. The molecule has 0 N–H and O–H groups in total. The molecule has 0 saturated heterocycles. The van der Waals surface area contributed by atoms with E-state index in [1.165, 1.54) is 0 Å². The van der Waals surface area contributed by atoms with Crippen molar-refractivity contribution >= 4 is 21.9 Å². The van der Waals surface area contributed by atoms with Gasteiger partial charge in [0.1, 0.15) is 85.1 Å². The average Bonchev–Trinajstić information content (AvgIpc) is 3.30. The summed E-state index contributed by atoms with van der Waals surface area (Å²) in [5.41, 5.74) is 6.59. The van der Waals surface area contributed by atoms with Crippen LogP contribution in [0.5, 0.6) is 34.5 Å². The minimum atomic E-state index is -0.845. The molecule has 0 atom stereocenters. The van der Waals surface area contributed by atoms with Gasteiger partial charge in [-0.3, -0.25) is 4.79 Å². The van der Waals surface area contributed by atoms with Crippen molar-refractivity contribution in [1.82, 2.24) is 0 Å². The number of alkyl halides is 1. The molecular formula is C53H49BrO8. The van der Waals surface area contributed by atoms with E-state index in [0.29, 0.717) is 66.5 Å². The second-order valence-electron chi connectivity index (χ2n) is 15.2. The topological polar surface area (TPSA) is 81.7 Å². The Labute approximate surface area is 372 Å².